The molecule has 3 aromatic rings. The number of para-hydroxylation sites is 1. The highest BCUT2D eigenvalue weighted by Crippen LogP contribution is 2.29. The minimum atomic E-state index is 0.723. The second-order valence-corrected chi connectivity index (χ2v) is 4.78. The molecule has 0 aliphatic heterocycles. The lowest BCUT2D eigenvalue weighted by molar-refractivity contribution is 1.12. The summed E-state index contributed by atoms with van der Waals surface area (Å²) < 4.78 is 0. The smallest absolute Gasteiger partial charge is 0.1000 e. The van der Waals surface area contributed by atoms with Crippen LogP contribution in [0.2, 0.25) is 0 Å². The van der Waals surface area contributed by atoms with Crippen LogP contribution in [0.1, 0.15) is 0 Å². The van der Waals surface area contributed by atoms with Crippen molar-refractivity contribution in [1.82, 2.24) is 10.2 Å². The topological polar surface area (TPSA) is 57.9 Å². The zero-order chi connectivity index (χ0) is 13.4. The van der Waals surface area contributed by atoms with Gasteiger partial charge in [-0.15, -0.1) is 0 Å². The van der Waals surface area contributed by atoms with Gasteiger partial charge in [0.15, 0.2) is 0 Å². The maximum absolute atomic E-state index is 5.93. The zero-order valence-electron chi connectivity index (χ0n) is 11.0. The highest BCUT2D eigenvalue weighted by molar-refractivity contribution is 5.98. The van der Waals surface area contributed by atoms with E-state index in [9.17, 15) is 0 Å². The Balaban J connectivity index is 2.11. The summed E-state index contributed by atoms with van der Waals surface area (Å²) in [7, 11) is 4.05. The van der Waals surface area contributed by atoms with Gasteiger partial charge in [0.2, 0.25) is 0 Å². The van der Waals surface area contributed by atoms with Gasteiger partial charge >= 0.3 is 0 Å². The van der Waals surface area contributed by atoms with Crippen molar-refractivity contribution in [1.29, 1.82) is 0 Å². The number of hydrogen-bond donors (Lipinski definition) is 2. The number of nitrogens with zero attached hydrogens (tertiary/aromatic N) is 2. The average Bonchev–Trinajstić information content (AvgIpc) is 2.84. The molecule has 0 radical (unpaired) electrons. The van der Waals surface area contributed by atoms with Crippen LogP contribution in [0.5, 0.6) is 0 Å². The third-order valence-corrected chi connectivity index (χ3v) is 3.29. The molecule has 0 saturated carbocycles. The summed E-state index contributed by atoms with van der Waals surface area (Å²) in [6, 6.07) is 14.2. The van der Waals surface area contributed by atoms with Crippen molar-refractivity contribution in [3.63, 3.8) is 0 Å². The molecule has 19 heavy (non-hydrogen) atoms. The van der Waals surface area contributed by atoms with Gasteiger partial charge in [0.1, 0.15) is 0 Å². The first-order chi connectivity index (χ1) is 9.16. The summed E-state index contributed by atoms with van der Waals surface area (Å²) in [4.78, 5) is 2.07. The molecule has 0 saturated heterocycles. The normalized spacial score (nSPS) is 10.8. The van der Waals surface area contributed by atoms with Crippen molar-refractivity contribution < 1.29 is 0 Å². The van der Waals surface area contributed by atoms with E-state index < -0.39 is 0 Å². The van der Waals surface area contributed by atoms with E-state index in [0.29, 0.717) is 0 Å². The summed E-state index contributed by atoms with van der Waals surface area (Å²) in [6.07, 6.45) is 0. The molecule has 4 nitrogen and oxygen atoms in total. The summed E-state index contributed by atoms with van der Waals surface area (Å²) >= 11 is 0. The number of aromatic nitrogens is 2. The van der Waals surface area contributed by atoms with Crippen molar-refractivity contribution in [2.45, 2.75) is 0 Å². The van der Waals surface area contributed by atoms with Crippen LogP contribution in [-0.2, 0) is 0 Å². The molecule has 3 rings (SSSR count). The molecule has 0 aliphatic rings. The number of nitrogens with one attached hydrogen (secondary N) is 1. The average molecular weight is 252 g/mol. The lowest BCUT2D eigenvalue weighted by Crippen LogP contribution is -2.07. The van der Waals surface area contributed by atoms with Crippen LogP contribution < -0.4 is 10.6 Å². The van der Waals surface area contributed by atoms with E-state index in [-0.39, 0.29) is 0 Å². The van der Waals surface area contributed by atoms with E-state index in [1.54, 1.807) is 0 Å². The van der Waals surface area contributed by atoms with Crippen molar-refractivity contribution in [2.75, 3.05) is 24.7 Å². The Morgan fingerprint density at radius 3 is 2.47 bits per heavy atom. The van der Waals surface area contributed by atoms with Gasteiger partial charge in [0, 0.05) is 30.7 Å². The van der Waals surface area contributed by atoms with Crippen molar-refractivity contribution in [3.8, 4) is 11.3 Å². The SMILES string of the molecule is CN(C)c1ccc(-c2n[nH]c3c(N)cccc23)cc1. The van der Waals surface area contributed by atoms with Gasteiger partial charge in [-0.2, -0.15) is 5.10 Å². The zero-order valence-corrected chi connectivity index (χ0v) is 11.0. The molecule has 1 heterocycles. The minimum Gasteiger partial charge on any atom is -0.397 e. The Morgan fingerprint density at radius 1 is 1.05 bits per heavy atom. The van der Waals surface area contributed by atoms with Crippen LogP contribution in [0.15, 0.2) is 42.5 Å². The number of fused-ring (bicyclic) bond motifs is 1. The summed E-state index contributed by atoms with van der Waals surface area (Å²) in [5.41, 5.74) is 10.7. The van der Waals surface area contributed by atoms with Gasteiger partial charge in [0.05, 0.1) is 16.9 Å². The van der Waals surface area contributed by atoms with Crippen molar-refractivity contribution >= 4 is 22.3 Å². The maximum Gasteiger partial charge on any atom is 0.1000 e. The fourth-order valence-electron chi connectivity index (χ4n) is 2.20. The molecule has 0 atom stereocenters. The third-order valence-electron chi connectivity index (χ3n) is 3.29. The van der Waals surface area contributed by atoms with E-state index in [1.807, 2.05) is 32.3 Å². The maximum atomic E-state index is 5.93. The molecule has 0 aliphatic carbocycles. The van der Waals surface area contributed by atoms with Crippen molar-refractivity contribution in [2.24, 2.45) is 0 Å². The first-order valence-corrected chi connectivity index (χ1v) is 6.17. The molecule has 0 spiro atoms. The quantitative estimate of drug-likeness (QED) is 0.689. The summed E-state index contributed by atoms with van der Waals surface area (Å²) in [5, 5.41) is 8.44. The van der Waals surface area contributed by atoms with Crippen molar-refractivity contribution in [3.05, 3.63) is 42.5 Å². The molecule has 3 N–H and O–H groups in total. The number of nitrogens with two attached hydrogens (primary N) is 1. The molecule has 1 aromatic heterocycles. The van der Waals surface area contributed by atoms with Crippen LogP contribution in [-0.4, -0.2) is 24.3 Å². The van der Waals surface area contributed by atoms with Gasteiger partial charge in [0.25, 0.3) is 0 Å². The number of hydrogen-bond acceptors (Lipinski definition) is 3. The third kappa shape index (κ3) is 1.91. The fraction of sp³-hybridized carbons (Fsp3) is 0.133. The van der Waals surface area contributed by atoms with Gasteiger partial charge in [-0.05, 0) is 18.2 Å². The Hall–Kier alpha value is -2.49. The summed E-state index contributed by atoms with van der Waals surface area (Å²) in [6.45, 7) is 0. The second-order valence-electron chi connectivity index (χ2n) is 4.78. The van der Waals surface area contributed by atoms with Gasteiger partial charge in [-0.3, -0.25) is 5.10 Å². The highest BCUT2D eigenvalue weighted by Gasteiger charge is 2.09. The summed E-state index contributed by atoms with van der Waals surface area (Å²) in [5.74, 6) is 0. The van der Waals surface area contributed by atoms with Crippen LogP contribution in [0, 0.1) is 0 Å². The molecule has 0 fully saturated rings. The number of benzene rings is 2. The van der Waals surface area contributed by atoms with Crippen LogP contribution >= 0.6 is 0 Å². The van der Waals surface area contributed by atoms with E-state index in [2.05, 4.69) is 39.4 Å². The number of anilines is 2. The molecule has 0 bridgehead atoms. The van der Waals surface area contributed by atoms with Gasteiger partial charge < -0.3 is 10.6 Å². The van der Waals surface area contributed by atoms with E-state index in [4.69, 9.17) is 5.73 Å². The Kier molecular flexibility index (Phi) is 2.63. The van der Waals surface area contributed by atoms with Gasteiger partial charge in [-0.1, -0.05) is 24.3 Å². The highest BCUT2D eigenvalue weighted by atomic mass is 15.1. The lowest BCUT2D eigenvalue weighted by atomic mass is 10.1. The standard InChI is InChI=1S/C15H16N4/c1-19(2)11-8-6-10(7-9-11)14-12-4-3-5-13(16)15(12)18-17-14/h3-9H,16H2,1-2H3,(H,17,18). The Bertz CT molecular complexity index is 711. The Labute approximate surface area is 111 Å². The van der Waals surface area contributed by atoms with Crippen LogP contribution in [0.25, 0.3) is 22.2 Å². The number of rotatable bonds is 2. The second kappa shape index (κ2) is 4.31. The molecule has 4 heteroatoms. The van der Waals surface area contributed by atoms with E-state index in [0.717, 1.165) is 27.8 Å². The lowest BCUT2D eigenvalue weighted by Gasteiger charge is -2.12. The molecular formula is C15H16N4. The number of aromatic amines is 1. The number of nitrogen functional groups attached to an aromatic ring is 1. The Morgan fingerprint density at radius 2 is 1.79 bits per heavy atom. The predicted molar refractivity (Wildman–Crippen MR) is 80.3 cm³/mol. The first-order valence-electron chi connectivity index (χ1n) is 6.17. The van der Waals surface area contributed by atoms with E-state index >= 15 is 0 Å². The fourth-order valence-corrected chi connectivity index (χ4v) is 2.20. The molecular weight excluding hydrogens is 236 g/mol. The minimum absolute atomic E-state index is 0.723. The first kappa shape index (κ1) is 11.6. The molecule has 2 aromatic carbocycles. The monoisotopic (exact) mass is 252 g/mol. The van der Waals surface area contributed by atoms with Crippen LogP contribution in [0.4, 0.5) is 11.4 Å². The largest absolute Gasteiger partial charge is 0.397 e. The molecule has 0 amide bonds. The van der Waals surface area contributed by atoms with Crippen LogP contribution in [0.3, 0.4) is 0 Å². The molecule has 0 unspecified atom stereocenters. The number of H-pyrrole nitrogens is 1. The predicted octanol–water partition coefficient (Wildman–Crippen LogP) is 2.88. The van der Waals surface area contributed by atoms with Gasteiger partial charge in [-0.25, -0.2) is 0 Å². The van der Waals surface area contributed by atoms with E-state index in [1.165, 1.54) is 5.69 Å². The molecule has 96 valence electrons.